The van der Waals surface area contributed by atoms with Crippen molar-refractivity contribution in [2.45, 2.75) is 37.6 Å². The van der Waals surface area contributed by atoms with Crippen LogP contribution in [0.4, 0.5) is 4.79 Å². The van der Waals surface area contributed by atoms with Gasteiger partial charge in [-0.15, -0.1) is 5.10 Å². The number of carbonyl (C=O) groups excluding carboxylic acids is 1. The number of carbonyl (C=O) groups is 1. The van der Waals surface area contributed by atoms with Crippen LogP contribution >= 0.6 is 0 Å². The van der Waals surface area contributed by atoms with Crippen molar-refractivity contribution in [3.05, 3.63) is 66.5 Å². The summed E-state index contributed by atoms with van der Waals surface area (Å²) in [5.41, 5.74) is 0.265. The number of para-hydroxylation sites is 2. The van der Waals surface area contributed by atoms with E-state index < -0.39 is 11.6 Å². The van der Waals surface area contributed by atoms with E-state index in [4.69, 9.17) is 4.74 Å². The molecule has 2 aromatic carbocycles. The molecule has 1 amide bonds. The summed E-state index contributed by atoms with van der Waals surface area (Å²) >= 11 is 0. The van der Waals surface area contributed by atoms with Gasteiger partial charge in [-0.25, -0.2) is 4.79 Å². The van der Waals surface area contributed by atoms with Crippen LogP contribution in [0.5, 0.6) is 5.75 Å². The van der Waals surface area contributed by atoms with E-state index in [0.29, 0.717) is 11.6 Å². The smallest absolute Gasteiger partial charge is 0.410 e. The Labute approximate surface area is 163 Å². The van der Waals surface area contributed by atoms with Gasteiger partial charge in [0.1, 0.15) is 11.3 Å². The molecule has 1 heterocycles. The van der Waals surface area contributed by atoms with E-state index in [1.165, 1.54) is 0 Å². The lowest BCUT2D eigenvalue weighted by molar-refractivity contribution is 0.0622. The molecule has 0 radical (unpaired) electrons. The lowest BCUT2D eigenvalue weighted by Gasteiger charge is -2.42. The quantitative estimate of drug-likeness (QED) is 0.688. The first-order valence-corrected chi connectivity index (χ1v) is 9.56. The van der Waals surface area contributed by atoms with E-state index in [1.54, 1.807) is 28.8 Å². The van der Waals surface area contributed by atoms with Gasteiger partial charge in [0.15, 0.2) is 5.82 Å². The van der Waals surface area contributed by atoms with Gasteiger partial charge in [0, 0.05) is 7.05 Å². The lowest BCUT2D eigenvalue weighted by Crippen LogP contribution is -2.51. The minimum atomic E-state index is -0.608. The summed E-state index contributed by atoms with van der Waals surface area (Å²) in [6, 6.07) is 18.9. The number of nitrogens with zero attached hydrogens (tertiary/aromatic N) is 5. The fraction of sp³-hybridized carbons (Fsp3) is 0.333. The Morgan fingerprint density at radius 2 is 1.64 bits per heavy atom. The number of hydrogen-bond donors (Lipinski definition) is 0. The van der Waals surface area contributed by atoms with Crippen molar-refractivity contribution in [1.29, 1.82) is 0 Å². The SMILES string of the molecule is CN(C(=O)Oc1ccccc1)C1(c2nnnn2-c2ccccc2)CCCCC1. The molecule has 1 aromatic heterocycles. The minimum absolute atomic E-state index is 0.407. The number of hydrogen-bond acceptors (Lipinski definition) is 5. The molecule has 0 atom stereocenters. The normalized spacial score (nSPS) is 15.8. The van der Waals surface area contributed by atoms with Crippen LogP contribution in [0.2, 0.25) is 0 Å². The average Bonchev–Trinajstić information content (AvgIpc) is 3.25. The van der Waals surface area contributed by atoms with Gasteiger partial charge in [0.25, 0.3) is 0 Å². The van der Waals surface area contributed by atoms with Crippen molar-refractivity contribution in [2.75, 3.05) is 7.05 Å². The highest BCUT2D eigenvalue weighted by Gasteiger charge is 2.45. The second-order valence-electron chi connectivity index (χ2n) is 7.08. The molecule has 7 nitrogen and oxygen atoms in total. The molecule has 1 saturated carbocycles. The first-order valence-electron chi connectivity index (χ1n) is 9.56. The number of tetrazole rings is 1. The zero-order valence-electron chi connectivity index (χ0n) is 15.9. The molecule has 28 heavy (non-hydrogen) atoms. The summed E-state index contributed by atoms with van der Waals surface area (Å²) in [5, 5.41) is 12.5. The van der Waals surface area contributed by atoms with Crippen LogP contribution < -0.4 is 4.74 Å². The van der Waals surface area contributed by atoms with Gasteiger partial charge in [-0.1, -0.05) is 55.7 Å². The van der Waals surface area contributed by atoms with Crippen molar-refractivity contribution >= 4 is 6.09 Å². The fourth-order valence-electron chi connectivity index (χ4n) is 3.90. The number of benzene rings is 2. The topological polar surface area (TPSA) is 73.1 Å². The van der Waals surface area contributed by atoms with Crippen molar-refractivity contribution in [1.82, 2.24) is 25.1 Å². The van der Waals surface area contributed by atoms with Gasteiger partial charge in [0.05, 0.1) is 5.69 Å². The second-order valence-corrected chi connectivity index (χ2v) is 7.08. The molecule has 1 fully saturated rings. The monoisotopic (exact) mass is 377 g/mol. The highest BCUT2D eigenvalue weighted by molar-refractivity contribution is 5.71. The molecule has 3 aromatic rings. The van der Waals surface area contributed by atoms with Crippen LogP contribution in [0.15, 0.2) is 60.7 Å². The summed E-state index contributed by atoms with van der Waals surface area (Å²) in [5.74, 6) is 1.19. The number of ether oxygens (including phenoxy) is 1. The van der Waals surface area contributed by atoms with E-state index in [-0.39, 0.29) is 0 Å². The molecule has 4 rings (SSSR count). The third-order valence-electron chi connectivity index (χ3n) is 5.43. The van der Waals surface area contributed by atoms with Crippen LogP contribution in [-0.4, -0.2) is 38.2 Å². The summed E-state index contributed by atoms with van der Waals surface area (Å²) < 4.78 is 7.34. The summed E-state index contributed by atoms with van der Waals surface area (Å²) in [6.07, 6.45) is 4.32. The zero-order valence-corrected chi connectivity index (χ0v) is 15.9. The maximum atomic E-state index is 13.0. The Morgan fingerprint density at radius 3 is 2.32 bits per heavy atom. The maximum Gasteiger partial charge on any atom is 0.415 e. The Kier molecular flexibility index (Phi) is 5.06. The van der Waals surface area contributed by atoms with Gasteiger partial charge >= 0.3 is 6.09 Å². The van der Waals surface area contributed by atoms with E-state index in [9.17, 15) is 4.79 Å². The molecule has 0 spiro atoms. The van der Waals surface area contributed by atoms with Gasteiger partial charge in [0.2, 0.25) is 0 Å². The van der Waals surface area contributed by atoms with Gasteiger partial charge < -0.3 is 4.74 Å². The highest BCUT2D eigenvalue weighted by atomic mass is 16.6. The molecular weight excluding hydrogens is 354 g/mol. The van der Waals surface area contributed by atoms with Gasteiger partial charge in [-0.3, -0.25) is 4.90 Å². The Hall–Kier alpha value is -3.22. The molecule has 7 heteroatoms. The lowest BCUT2D eigenvalue weighted by atomic mass is 9.79. The second kappa shape index (κ2) is 7.80. The standard InChI is InChI=1S/C21H23N5O2/c1-25(20(27)28-18-13-7-3-8-14-18)21(15-9-4-10-16-21)19-22-23-24-26(19)17-11-5-2-6-12-17/h2-3,5-8,11-14H,4,9-10,15-16H2,1H3. The largest absolute Gasteiger partial charge is 0.415 e. The van der Waals surface area contributed by atoms with Gasteiger partial charge in [-0.05, 0) is 47.5 Å². The summed E-state index contributed by atoms with van der Waals surface area (Å²) in [6.45, 7) is 0. The molecular formula is C21H23N5O2. The predicted molar refractivity (Wildman–Crippen MR) is 104 cm³/mol. The molecule has 144 valence electrons. The Bertz CT molecular complexity index is 920. The number of rotatable bonds is 4. The summed E-state index contributed by atoms with van der Waals surface area (Å²) in [7, 11) is 1.78. The van der Waals surface area contributed by atoms with Crippen molar-refractivity contribution < 1.29 is 9.53 Å². The highest BCUT2D eigenvalue weighted by Crippen LogP contribution is 2.41. The maximum absolute atomic E-state index is 13.0. The van der Waals surface area contributed by atoms with E-state index >= 15 is 0 Å². The molecule has 0 N–H and O–H groups in total. The minimum Gasteiger partial charge on any atom is -0.410 e. The summed E-state index contributed by atoms with van der Waals surface area (Å²) in [4.78, 5) is 14.7. The van der Waals surface area contributed by atoms with Crippen LogP contribution in [0, 0.1) is 0 Å². The molecule has 0 bridgehead atoms. The predicted octanol–water partition coefficient (Wildman–Crippen LogP) is 3.95. The molecule has 1 aliphatic rings. The first-order chi connectivity index (χ1) is 13.7. The molecule has 1 aliphatic carbocycles. The first kappa shape index (κ1) is 18.2. The van der Waals surface area contributed by atoms with Gasteiger partial charge in [-0.2, -0.15) is 4.68 Å². The van der Waals surface area contributed by atoms with Crippen molar-refractivity contribution in [2.24, 2.45) is 0 Å². The zero-order chi connectivity index (χ0) is 19.4. The average molecular weight is 377 g/mol. The molecule has 0 aliphatic heterocycles. The third kappa shape index (κ3) is 3.35. The van der Waals surface area contributed by atoms with Crippen LogP contribution in [0.3, 0.4) is 0 Å². The number of amides is 1. The number of aromatic nitrogens is 4. The Morgan fingerprint density at radius 1 is 1.00 bits per heavy atom. The molecule has 0 unspecified atom stereocenters. The van der Waals surface area contributed by atoms with E-state index in [0.717, 1.165) is 37.8 Å². The van der Waals surface area contributed by atoms with E-state index in [2.05, 4.69) is 15.5 Å². The van der Waals surface area contributed by atoms with Crippen LogP contribution in [0.25, 0.3) is 5.69 Å². The van der Waals surface area contributed by atoms with Crippen molar-refractivity contribution in [3.63, 3.8) is 0 Å². The fourth-order valence-corrected chi connectivity index (χ4v) is 3.90. The molecule has 0 saturated heterocycles. The third-order valence-corrected chi connectivity index (χ3v) is 5.43. The Balaban J connectivity index is 1.70. The van der Waals surface area contributed by atoms with E-state index in [1.807, 2.05) is 48.5 Å². The van der Waals surface area contributed by atoms with Crippen molar-refractivity contribution in [3.8, 4) is 11.4 Å². The van der Waals surface area contributed by atoms with Crippen LogP contribution in [0.1, 0.15) is 37.9 Å². The van der Waals surface area contributed by atoms with Crippen LogP contribution in [-0.2, 0) is 5.54 Å².